The van der Waals surface area contributed by atoms with Crippen molar-refractivity contribution in [3.05, 3.63) is 0 Å². The maximum atomic E-state index is 8.44. The molecule has 4 nitrogen and oxygen atoms in total. The molecular formula is H4O4Rh. The second kappa shape index (κ2) is 31.3. The first-order chi connectivity index (χ1) is 1.41. The average molecular weight is 171 g/mol. The van der Waals surface area contributed by atoms with E-state index in [0.717, 1.165) is 0 Å². The zero-order chi connectivity index (χ0) is 2.71. The number of hydrogen-bond donors (Lipinski definition) is 0. The van der Waals surface area contributed by atoms with Crippen molar-refractivity contribution in [2.45, 2.75) is 0 Å². The van der Waals surface area contributed by atoms with E-state index in [1.807, 2.05) is 0 Å². The number of hydrogen-bond acceptors (Lipinski definition) is 2. The van der Waals surface area contributed by atoms with Gasteiger partial charge in [0.15, 0.2) is 0 Å². The summed E-state index contributed by atoms with van der Waals surface area (Å²) in [6, 6.07) is 0. The second-order valence-corrected chi connectivity index (χ2v) is 0.329. The van der Waals surface area contributed by atoms with Crippen molar-refractivity contribution < 1.29 is 35.1 Å². The fraction of sp³-hybridized carbons (Fsp3) is 0. The molecule has 0 aliphatic carbocycles. The summed E-state index contributed by atoms with van der Waals surface area (Å²) in [7, 11) is 0. The van der Waals surface area contributed by atoms with Crippen LogP contribution >= 0.6 is 0 Å². The average Bonchev–Trinajstić information content (AvgIpc) is 0.918. The Balaban J connectivity index is -0.0000000200. The van der Waals surface area contributed by atoms with Gasteiger partial charge in [-0.3, -0.25) is 0 Å². The van der Waals surface area contributed by atoms with Crippen LogP contribution in [0.5, 0.6) is 0 Å². The SMILES string of the molecule is O.O.[O]=[Rh]=[O]. The predicted octanol–water partition coefficient (Wildman–Crippen LogP) is -1.89. The van der Waals surface area contributed by atoms with Crippen LogP contribution in [0.2, 0.25) is 0 Å². The van der Waals surface area contributed by atoms with Crippen molar-refractivity contribution in [3.8, 4) is 0 Å². The van der Waals surface area contributed by atoms with Crippen LogP contribution in [0.1, 0.15) is 0 Å². The summed E-state index contributed by atoms with van der Waals surface area (Å²) in [6.45, 7) is 0. The molecule has 0 aromatic carbocycles. The van der Waals surface area contributed by atoms with Crippen molar-refractivity contribution in [2.75, 3.05) is 0 Å². The Hall–Kier alpha value is 0.143. The maximum absolute atomic E-state index is 8.44. The van der Waals surface area contributed by atoms with E-state index >= 15 is 0 Å². The van der Waals surface area contributed by atoms with E-state index in [2.05, 4.69) is 0 Å². The molecule has 4 N–H and O–H groups in total. The summed E-state index contributed by atoms with van der Waals surface area (Å²) in [5.41, 5.74) is 0. The third kappa shape index (κ3) is 926. The van der Waals surface area contributed by atoms with Crippen LogP contribution in [-0.4, -0.2) is 11.0 Å². The van der Waals surface area contributed by atoms with Gasteiger partial charge < -0.3 is 11.0 Å². The Morgan fingerprint density at radius 3 is 1.00 bits per heavy atom. The number of rotatable bonds is 0. The van der Waals surface area contributed by atoms with Crippen LogP contribution < -0.4 is 0 Å². The molecule has 0 fully saturated rings. The Labute approximate surface area is 35.9 Å². The van der Waals surface area contributed by atoms with Crippen LogP contribution in [0, 0.1) is 0 Å². The summed E-state index contributed by atoms with van der Waals surface area (Å²) in [5.74, 6) is 0. The third-order valence-corrected chi connectivity index (χ3v) is 0. The molecule has 0 heterocycles. The van der Waals surface area contributed by atoms with E-state index in [0.29, 0.717) is 0 Å². The van der Waals surface area contributed by atoms with Gasteiger partial charge in [-0.15, -0.1) is 0 Å². The fourth-order valence-corrected chi connectivity index (χ4v) is 0. The van der Waals surface area contributed by atoms with Crippen LogP contribution in [0.25, 0.3) is 0 Å². The van der Waals surface area contributed by atoms with Gasteiger partial charge in [-0.1, -0.05) is 0 Å². The molecule has 37 valence electrons. The summed E-state index contributed by atoms with van der Waals surface area (Å²) in [4.78, 5) is 0. The fourth-order valence-electron chi connectivity index (χ4n) is 0. The van der Waals surface area contributed by atoms with Crippen molar-refractivity contribution in [2.24, 2.45) is 0 Å². The standard InChI is InChI=1S/2H2O.2O.Rh/h2*1H2;;;. The van der Waals surface area contributed by atoms with Crippen molar-refractivity contribution >= 4 is 0 Å². The predicted molar refractivity (Wildman–Crippen MR) is 8.60 cm³/mol. The first-order valence-corrected chi connectivity index (χ1v) is 1.61. The Bertz CT molecular complexity index is 24.6. The van der Waals surface area contributed by atoms with Gasteiger partial charge in [-0.25, -0.2) is 0 Å². The molecule has 0 atom stereocenters. The molecule has 0 radical (unpaired) electrons. The van der Waals surface area contributed by atoms with E-state index in [-0.39, 0.29) is 11.0 Å². The van der Waals surface area contributed by atoms with Gasteiger partial charge in [0.25, 0.3) is 0 Å². The molecule has 0 aliphatic rings. The van der Waals surface area contributed by atoms with Crippen LogP contribution in [0.15, 0.2) is 0 Å². The zero-order valence-corrected chi connectivity index (χ0v) is 3.79. The van der Waals surface area contributed by atoms with Gasteiger partial charge in [-0.05, 0) is 0 Å². The molecule has 0 bridgehead atoms. The molecule has 0 rings (SSSR count). The van der Waals surface area contributed by atoms with E-state index in [1.165, 1.54) is 0 Å². The normalized spacial score (nSPS) is 3.20. The minimum atomic E-state index is -1.67. The quantitative estimate of drug-likeness (QED) is 0.398. The van der Waals surface area contributed by atoms with E-state index in [9.17, 15) is 0 Å². The van der Waals surface area contributed by atoms with Gasteiger partial charge >= 0.3 is 24.2 Å². The van der Waals surface area contributed by atoms with Gasteiger partial charge in [0.1, 0.15) is 0 Å². The Morgan fingerprint density at radius 2 is 1.00 bits per heavy atom. The van der Waals surface area contributed by atoms with Crippen LogP contribution in [0.4, 0.5) is 0 Å². The summed E-state index contributed by atoms with van der Waals surface area (Å²) >= 11 is -1.67. The topological polar surface area (TPSA) is 97.1 Å². The second-order valence-electron chi connectivity index (χ2n) is 0.0556. The summed E-state index contributed by atoms with van der Waals surface area (Å²) in [6.07, 6.45) is 0. The molecule has 0 spiro atoms. The Morgan fingerprint density at radius 1 is 1.00 bits per heavy atom. The van der Waals surface area contributed by atoms with Gasteiger partial charge in [0.2, 0.25) is 0 Å². The van der Waals surface area contributed by atoms with E-state index < -0.39 is 17.0 Å². The van der Waals surface area contributed by atoms with E-state index in [4.69, 9.17) is 7.15 Å². The molecule has 5 heavy (non-hydrogen) atoms. The summed E-state index contributed by atoms with van der Waals surface area (Å²) in [5, 5.41) is 0. The monoisotopic (exact) mass is 171 g/mol. The molecule has 0 aromatic rings. The van der Waals surface area contributed by atoms with E-state index in [1.54, 1.807) is 0 Å². The van der Waals surface area contributed by atoms with Gasteiger partial charge in [-0.2, -0.15) is 0 Å². The zero-order valence-electron chi connectivity index (χ0n) is 2.15. The molecule has 5 heteroatoms. The molecule has 0 unspecified atom stereocenters. The minimum absolute atomic E-state index is 0. The molecule has 0 saturated carbocycles. The van der Waals surface area contributed by atoms with Crippen LogP contribution in [0.3, 0.4) is 0 Å². The first-order valence-electron chi connectivity index (χ1n) is 0.272. The van der Waals surface area contributed by atoms with Crippen molar-refractivity contribution in [3.63, 3.8) is 0 Å². The van der Waals surface area contributed by atoms with Gasteiger partial charge in [0.05, 0.1) is 0 Å². The van der Waals surface area contributed by atoms with Crippen molar-refractivity contribution in [1.29, 1.82) is 0 Å². The molecule has 0 aliphatic heterocycles. The Kier molecular flexibility index (Phi) is 120. The molecule has 0 aromatic heterocycles. The van der Waals surface area contributed by atoms with Crippen molar-refractivity contribution in [1.82, 2.24) is 0 Å². The summed E-state index contributed by atoms with van der Waals surface area (Å²) < 4.78 is 16.9. The molecular weight excluding hydrogens is 167 g/mol. The van der Waals surface area contributed by atoms with Gasteiger partial charge in [0, 0.05) is 0 Å². The molecule has 0 saturated heterocycles. The third-order valence-electron chi connectivity index (χ3n) is 0. The first kappa shape index (κ1) is 19.2. The van der Waals surface area contributed by atoms with Crippen LogP contribution in [-0.2, 0) is 24.2 Å². The molecule has 0 amide bonds.